The summed E-state index contributed by atoms with van der Waals surface area (Å²) in [4.78, 5) is 26.8. The highest BCUT2D eigenvalue weighted by molar-refractivity contribution is 5.92. The van der Waals surface area contributed by atoms with Gasteiger partial charge in [0.05, 0.1) is 18.8 Å². The van der Waals surface area contributed by atoms with Crippen LogP contribution in [-0.4, -0.2) is 73.5 Å². The molecule has 2 heterocycles. The first-order valence-corrected chi connectivity index (χ1v) is 9.42. The van der Waals surface area contributed by atoms with Gasteiger partial charge in [-0.25, -0.2) is 0 Å². The second-order valence-electron chi connectivity index (χ2n) is 7.99. The fraction of sp³-hybridized carbons (Fsp3) is 0.737. The number of hydrogen-bond donors (Lipinski definition) is 1. The third-order valence-electron chi connectivity index (χ3n) is 4.79. The summed E-state index contributed by atoms with van der Waals surface area (Å²) in [5.41, 5.74) is -0.839. The molecule has 1 fully saturated rings. The molecule has 158 valence electrons. The third kappa shape index (κ3) is 6.20. The van der Waals surface area contributed by atoms with Gasteiger partial charge in [-0.05, 0) is 45.2 Å². The Bertz CT molecular complexity index is 659. The minimum atomic E-state index is -0.477. The Balaban J connectivity index is 1.98. The molecule has 28 heavy (non-hydrogen) atoms. The number of aromatic nitrogens is 1. The lowest BCUT2D eigenvalue weighted by atomic mass is 9.84. The van der Waals surface area contributed by atoms with Crippen LogP contribution in [0.2, 0.25) is 0 Å². The smallest absolute Gasteiger partial charge is 0.290 e. The molecule has 0 aliphatic carbocycles. The zero-order valence-corrected chi connectivity index (χ0v) is 17.4. The first kappa shape index (κ1) is 22.2. The summed E-state index contributed by atoms with van der Waals surface area (Å²) in [6.07, 6.45) is 1.88. The van der Waals surface area contributed by atoms with Crippen LogP contribution in [0.5, 0.6) is 5.88 Å². The van der Waals surface area contributed by atoms with Gasteiger partial charge in [-0.2, -0.15) is 0 Å². The number of likely N-dealkylation sites (tertiary alicyclic amines) is 1. The number of amides is 2. The number of rotatable bonds is 8. The van der Waals surface area contributed by atoms with Crippen molar-refractivity contribution in [2.24, 2.45) is 0 Å². The van der Waals surface area contributed by atoms with Crippen molar-refractivity contribution < 1.29 is 28.3 Å². The van der Waals surface area contributed by atoms with Gasteiger partial charge in [-0.3, -0.25) is 9.59 Å². The van der Waals surface area contributed by atoms with E-state index in [9.17, 15) is 9.59 Å². The van der Waals surface area contributed by atoms with Gasteiger partial charge in [0.1, 0.15) is 6.61 Å². The van der Waals surface area contributed by atoms with Crippen molar-refractivity contribution in [2.75, 3.05) is 40.5 Å². The fourth-order valence-corrected chi connectivity index (χ4v) is 3.05. The number of ether oxygens (including phenoxy) is 3. The lowest BCUT2D eigenvalue weighted by molar-refractivity contribution is -0.142. The van der Waals surface area contributed by atoms with Gasteiger partial charge in [-0.15, -0.1) is 0 Å². The molecule has 0 unspecified atom stereocenters. The van der Waals surface area contributed by atoms with Crippen LogP contribution < -0.4 is 10.1 Å². The molecule has 1 N–H and O–H groups in total. The molecule has 0 spiro atoms. The Morgan fingerprint density at radius 2 is 1.96 bits per heavy atom. The van der Waals surface area contributed by atoms with E-state index in [1.54, 1.807) is 12.0 Å². The van der Waals surface area contributed by atoms with E-state index in [1.807, 2.05) is 20.8 Å². The van der Waals surface area contributed by atoms with E-state index < -0.39 is 5.54 Å². The van der Waals surface area contributed by atoms with Gasteiger partial charge in [0.15, 0.2) is 0 Å². The van der Waals surface area contributed by atoms with Crippen molar-refractivity contribution in [3.05, 3.63) is 11.8 Å². The van der Waals surface area contributed by atoms with E-state index in [2.05, 4.69) is 10.5 Å². The molecule has 0 atom stereocenters. The maximum atomic E-state index is 12.6. The lowest BCUT2D eigenvalue weighted by Gasteiger charge is -2.42. The number of methoxy groups -OCH3 is 2. The molecule has 0 saturated carbocycles. The van der Waals surface area contributed by atoms with Crippen LogP contribution in [0.1, 0.15) is 50.6 Å². The molecule has 9 heteroatoms. The fourth-order valence-electron chi connectivity index (χ4n) is 3.05. The molecule has 0 radical (unpaired) electrons. The van der Waals surface area contributed by atoms with E-state index in [0.717, 1.165) is 0 Å². The molecule has 1 saturated heterocycles. The Morgan fingerprint density at radius 3 is 2.50 bits per heavy atom. The molecule has 1 aromatic rings. The van der Waals surface area contributed by atoms with E-state index in [4.69, 9.17) is 18.7 Å². The highest BCUT2D eigenvalue weighted by Crippen LogP contribution is 2.27. The number of piperidine rings is 1. The van der Waals surface area contributed by atoms with Gasteiger partial charge in [0.25, 0.3) is 11.8 Å². The van der Waals surface area contributed by atoms with Crippen LogP contribution in [0.3, 0.4) is 0 Å². The average Bonchev–Trinajstić information content (AvgIpc) is 3.14. The maximum absolute atomic E-state index is 12.6. The molecule has 1 aliphatic rings. The number of nitrogens with zero attached hydrogens (tertiary/aromatic N) is 2. The van der Waals surface area contributed by atoms with Crippen molar-refractivity contribution in [3.8, 4) is 5.88 Å². The molecule has 9 nitrogen and oxygen atoms in total. The zero-order valence-electron chi connectivity index (χ0n) is 17.4. The number of carbonyl (C=O) groups is 2. The summed E-state index contributed by atoms with van der Waals surface area (Å²) < 4.78 is 20.8. The normalized spacial score (nSPS) is 16.7. The molecule has 0 bridgehead atoms. The summed E-state index contributed by atoms with van der Waals surface area (Å²) in [5, 5.41) is 6.72. The molecule has 0 aromatic carbocycles. The Hall–Kier alpha value is -2.13. The second-order valence-corrected chi connectivity index (χ2v) is 7.99. The predicted molar refractivity (Wildman–Crippen MR) is 101 cm³/mol. The van der Waals surface area contributed by atoms with Crippen molar-refractivity contribution >= 4 is 11.8 Å². The first-order valence-electron chi connectivity index (χ1n) is 9.42. The van der Waals surface area contributed by atoms with Gasteiger partial charge in [0.2, 0.25) is 11.7 Å². The van der Waals surface area contributed by atoms with Crippen LogP contribution in [0, 0.1) is 0 Å². The van der Waals surface area contributed by atoms with Crippen molar-refractivity contribution in [3.63, 3.8) is 0 Å². The van der Waals surface area contributed by atoms with Crippen LogP contribution in [-0.2, 0) is 14.3 Å². The van der Waals surface area contributed by atoms with Gasteiger partial charge < -0.3 is 29.0 Å². The number of nitrogens with one attached hydrogen (secondary N) is 1. The topological polar surface area (TPSA) is 103 Å². The highest BCUT2D eigenvalue weighted by Gasteiger charge is 2.38. The van der Waals surface area contributed by atoms with E-state index in [1.165, 1.54) is 13.2 Å². The van der Waals surface area contributed by atoms with Crippen molar-refractivity contribution in [1.29, 1.82) is 0 Å². The highest BCUT2D eigenvalue weighted by atomic mass is 16.5. The Kier molecular flexibility index (Phi) is 7.42. The van der Waals surface area contributed by atoms with E-state index in [0.29, 0.717) is 39.0 Å². The summed E-state index contributed by atoms with van der Waals surface area (Å²) in [5.74, 6) is -0.0645. The molecule has 1 aromatic heterocycles. The predicted octanol–water partition coefficient (Wildman–Crippen LogP) is 1.63. The SMILES string of the molecule is COCCC1(NC(=O)c2cc(OC)no2)CCN(C(=O)COC(C)(C)C)CC1. The summed E-state index contributed by atoms with van der Waals surface area (Å²) in [7, 11) is 3.08. The molecule has 2 rings (SSSR count). The quantitative estimate of drug-likeness (QED) is 0.711. The zero-order chi connectivity index (χ0) is 20.8. The van der Waals surface area contributed by atoms with Crippen LogP contribution in [0.25, 0.3) is 0 Å². The standard InChI is InChI=1S/C19H31N3O6/c1-18(2,3)27-13-16(23)22-9-6-19(7-10-22,8-11-25-4)20-17(24)14-12-15(26-5)21-28-14/h12H,6-11,13H2,1-5H3,(H,20,24). The Morgan fingerprint density at radius 1 is 1.29 bits per heavy atom. The largest absolute Gasteiger partial charge is 0.479 e. The summed E-state index contributed by atoms with van der Waals surface area (Å²) in [6.45, 7) is 7.38. The minimum absolute atomic E-state index is 0.0402. The maximum Gasteiger partial charge on any atom is 0.290 e. The number of hydrogen-bond acceptors (Lipinski definition) is 7. The summed E-state index contributed by atoms with van der Waals surface area (Å²) in [6, 6.07) is 1.45. The first-order chi connectivity index (χ1) is 13.2. The van der Waals surface area contributed by atoms with Gasteiger partial charge in [-0.1, -0.05) is 0 Å². The molecule has 2 amide bonds. The molecule has 1 aliphatic heterocycles. The molecular weight excluding hydrogens is 366 g/mol. The van der Waals surface area contributed by atoms with Crippen LogP contribution >= 0.6 is 0 Å². The minimum Gasteiger partial charge on any atom is -0.479 e. The summed E-state index contributed by atoms with van der Waals surface area (Å²) >= 11 is 0. The third-order valence-corrected chi connectivity index (χ3v) is 4.79. The van der Waals surface area contributed by atoms with Crippen LogP contribution in [0.15, 0.2) is 10.6 Å². The van der Waals surface area contributed by atoms with E-state index in [-0.39, 0.29) is 35.7 Å². The van der Waals surface area contributed by atoms with Crippen molar-refractivity contribution in [2.45, 2.75) is 51.2 Å². The lowest BCUT2D eigenvalue weighted by Crippen LogP contribution is -2.57. The monoisotopic (exact) mass is 397 g/mol. The average molecular weight is 397 g/mol. The van der Waals surface area contributed by atoms with Crippen LogP contribution in [0.4, 0.5) is 0 Å². The van der Waals surface area contributed by atoms with E-state index >= 15 is 0 Å². The Labute approximate surface area is 165 Å². The van der Waals surface area contributed by atoms with Gasteiger partial charge in [0, 0.05) is 32.3 Å². The van der Waals surface area contributed by atoms with Crippen molar-refractivity contribution in [1.82, 2.24) is 15.4 Å². The second kappa shape index (κ2) is 9.38. The van der Waals surface area contributed by atoms with Gasteiger partial charge >= 0.3 is 0 Å². The molecular formula is C19H31N3O6. The number of carbonyl (C=O) groups excluding carboxylic acids is 2.